The highest BCUT2D eigenvalue weighted by molar-refractivity contribution is 5.81. The van der Waals surface area contributed by atoms with E-state index in [-0.39, 0.29) is 5.54 Å². The van der Waals surface area contributed by atoms with Crippen molar-refractivity contribution >= 4 is 5.96 Å². The summed E-state index contributed by atoms with van der Waals surface area (Å²) >= 11 is 0. The average molecular weight is 257 g/mol. The summed E-state index contributed by atoms with van der Waals surface area (Å²) in [6, 6.07) is 10.6. The van der Waals surface area contributed by atoms with Gasteiger partial charge in [0.1, 0.15) is 0 Å². The number of aliphatic imine (C=N–C) groups is 1. The van der Waals surface area contributed by atoms with Gasteiger partial charge in [0, 0.05) is 6.54 Å². The number of rotatable bonds is 5. The van der Waals surface area contributed by atoms with E-state index in [0.29, 0.717) is 11.9 Å². The van der Waals surface area contributed by atoms with Crippen LogP contribution in [0.5, 0.6) is 0 Å². The second-order valence-corrected chi connectivity index (χ2v) is 5.57. The van der Waals surface area contributed by atoms with Crippen LogP contribution in [0.25, 0.3) is 0 Å². The minimum Gasteiger partial charge on any atom is -0.370 e. The van der Waals surface area contributed by atoms with Crippen LogP contribution in [0.1, 0.15) is 25.8 Å². The molecule has 0 amide bonds. The largest absolute Gasteiger partial charge is 0.370 e. The van der Waals surface area contributed by atoms with Gasteiger partial charge in [0.15, 0.2) is 5.96 Å². The molecule has 3 heteroatoms. The Kier molecular flexibility index (Phi) is 3.93. The van der Waals surface area contributed by atoms with E-state index < -0.39 is 0 Å². The Labute approximate surface area is 115 Å². The molecule has 1 aromatic carbocycles. The van der Waals surface area contributed by atoms with Crippen molar-refractivity contribution in [3.63, 3.8) is 0 Å². The van der Waals surface area contributed by atoms with Crippen molar-refractivity contribution in [1.82, 2.24) is 4.90 Å². The van der Waals surface area contributed by atoms with Gasteiger partial charge in [-0.15, -0.1) is 6.58 Å². The predicted molar refractivity (Wildman–Crippen MR) is 81.0 cm³/mol. The summed E-state index contributed by atoms with van der Waals surface area (Å²) in [5.74, 6) is 1.21. The molecule has 1 atom stereocenters. The molecule has 0 saturated carbocycles. The van der Waals surface area contributed by atoms with E-state index >= 15 is 0 Å². The molecule has 0 aromatic heterocycles. The lowest BCUT2D eigenvalue weighted by molar-refractivity contribution is 0.179. The van der Waals surface area contributed by atoms with Crippen LogP contribution >= 0.6 is 0 Å². The Morgan fingerprint density at radius 1 is 1.42 bits per heavy atom. The molecule has 3 nitrogen and oxygen atoms in total. The molecule has 19 heavy (non-hydrogen) atoms. The Morgan fingerprint density at radius 2 is 2.11 bits per heavy atom. The van der Waals surface area contributed by atoms with Crippen LogP contribution in [0.2, 0.25) is 0 Å². The average Bonchev–Trinajstić information content (AvgIpc) is 2.70. The Morgan fingerprint density at radius 3 is 2.68 bits per heavy atom. The van der Waals surface area contributed by atoms with Gasteiger partial charge in [0.05, 0.1) is 12.1 Å². The van der Waals surface area contributed by atoms with E-state index in [1.165, 1.54) is 5.56 Å². The summed E-state index contributed by atoms with van der Waals surface area (Å²) in [5.41, 5.74) is 7.25. The van der Waals surface area contributed by atoms with Gasteiger partial charge in [0.25, 0.3) is 0 Å². The molecular weight excluding hydrogens is 234 g/mol. The quantitative estimate of drug-likeness (QED) is 0.824. The first-order chi connectivity index (χ1) is 9.10. The van der Waals surface area contributed by atoms with E-state index in [0.717, 1.165) is 19.5 Å². The topological polar surface area (TPSA) is 41.6 Å². The first-order valence-corrected chi connectivity index (χ1v) is 6.84. The van der Waals surface area contributed by atoms with Gasteiger partial charge >= 0.3 is 0 Å². The van der Waals surface area contributed by atoms with Gasteiger partial charge in [-0.2, -0.15) is 0 Å². The van der Waals surface area contributed by atoms with Crippen LogP contribution < -0.4 is 5.73 Å². The van der Waals surface area contributed by atoms with Gasteiger partial charge in [-0.3, -0.25) is 4.99 Å². The number of hydrogen-bond donors (Lipinski definition) is 1. The summed E-state index contributed by atoms with van der Waals surface area (Å²) in [6.45, 7) is 9.79. The van der Waals surface area contributed by atoms with E-state index in [9.17, 15) is 0 Å². The molecule has 0 bridgehead atoms. The van der Waals surface area contributed by atoms with Crippen LogP contribution in [0, 0.1) is 5.92 Å². The van der Waals surface area contributed by atoms with Crippen molar-refractivity contribution in [2.24, 2.45) is 16.6 Å². The van der Waals surface area contributed by atoms with E-state index in [4.69, 9.17) is 5.73 Å². The Balaban J connectivity index is 2.44. The molecule has 1 aliphatic heterocycles. The van der Waals surface area contributed by atoms with E-state index in [1.807, 2.05) is 12.1 Å². The van der Waals surface area contributed by atoms with Gasteiger partial charge < -0.3 is 10.6 Å². The normalized spacial score (nSPS) is 22.7. The zero-order valence-corrected chi connectivity index (χ0v) is 11.8. The van der Waals surface area contributed by atoms with Gasteiger partial charge in [-0.1, -0.05) is 50.3 Å². The molecule has 0 radical (unpaired) electrons. The summed E-state index contributed by atoms with van der Waals surface area (Å²) in [5, 5.41) is 0. The van der Waals surface area contributed by atoms with E-state index in [1.54, 1.807) is 0 Å². The molecule has 2 rings (SSSR count). The van der Waals surface area contributed by atoms with Gasteiger partial charge in [-0.05, 0) is 17.9 Å². The maximum Gasteiger partial charge on any atom is 0.192 e. The highest BCUT2D eigenvalue weighted by atomic mass is 15.4. The first kappa shape index (κ1) is 13.7. The maximum atomic E-state index is 6.08. The minimum atomic E-state index is -0.117. The summed E-state index contributed by atoms with van der Waals surface area (Å²) in [7, 11) is 0. The monoisotopic (exact) mass is 257 g/mol. The lowest BCUT2D eigenvalue weighted by Crippen LogP contribution is -2.50. The highest BCUT2D eigenvalue weighted by Gasteiger charge is 2.43. The van der Waals surface area contributed by atoms with E-state index in [2.05, 4.69) is 54.6 Å². The number of benzene rings is 1. The lowest BCUT2D eigenvalue weighted by Gasteiger charge is -2.40. The zero-order valence-electron chi connectivity index (χ0n) is 11.8. The Hall–Kier alpha value is -1.77. The standard InChI is InChI=1S/C16H23N3/c1-4-10-19-15(17)18-12-16(19,11-13(2)3)14-8-6-5-7-9-14/h4-9,13H,1,10-12H2,2-3H3,(H2,17,18). The fourth-order valence-electron chi connectivity index (χ4n) is 2.96. The van der Waals surface area contributed by atoms with Gasteiger partial charge in [0.2, 0.25) is 0 Å². The number of nitrogens with two attached hydrogens (primary N) is 1. The van der Waals surface area contributed by atoms with Crippen LogP contribution in [0.15, 0.2) is 48.0 Å². The van der Waals surface area contributed by atoms with Crippen LogP contribution in [0.4, 0.5) is 0 Å². The number of guanidine groups is 1. The number of hydrogen-bond acceptors (Lipinski definition) is 3. The number of nitrogens with zero attached hydrogens (tertiary/aromatic N) is 2. The zero-order chi connectivity index (χ0) is 13.9. The third-order valence-corrected chi connectivity index (χ3v) is 3.66. The second-order valence-electron chi connectivity index (χ2n) is 5.57. The third-order valence-electron chi connectivity index (χ3n) is 3.66. The second kappa shape index (κ2) is 5.47. The molecule has 1 aliphatic rings. The molecule has 2 N–H and O–H groups in total. The SMILES string of the molecule is C=CCN1C(N)=NCC1(CC(C)C)c1ccccc1. The summed E-state index contributed by atoms with van der Waals surface area (Å²) < 4.78 is 0. The molecule has 1 aromatic rings. The highest BCUT2D eigenvalue weighted by Crippen LogP contribution is 2.38. The lowest BCUT2D eigenvalue weighted by atomic mass is 9.81. The fraction of sp³-hybridized carbons (Fsp3) is 0.438. The molecule has 0 spiro atoms. The Bertz CT molecular complexity index is 464. The van der Waals surface area contributed by atoms with Crippen LogP contribution in [0.3, 0.4) is 0 Å². The molecule has 102 valence electrons. The summed E-state index contributed by atoms with van der Waals surface area (Å²) in [4.78, 5) is 6.68. The third kappa shape index (κ3) is 2.50. The van der Waals surface area contributed by atoms with Crippen molar-refractivity contribution < 1.29 is 0 Å². The van der Waals surface area contributed by atoms with Crippen molar-refractivity contribution in [2.75, 3.05) is 13.1 Å². The van der Waals surface area contributed by atoms with Gasteiger partial charge in [-0.25, -0.2) is 0 Å². The summed E-state index contributed by atoms with van der Waals surface area (Å²) in [6.07, 6.45) is 2.93. The van der Waals surface area contributed by atoms with Crippen molar-refractivity contribution in [2.45, 2.75) is 25.8 Å². The fourth-order valence-corrected chi connectivity index (χ4v) is 2.96. The minimum absolute atomic E-state index is 0.117. The first-order valence-electron chi connectivity index (χ1n) is 6.84. The molecule has 0 saturated heterocycles. The van der Waals surface area contributed by atoms with Crippen LogP contribution in [-0.4, -0.2) is 23.9 Å². The molecule has 1 unspecified atom stereocenters. The van der Waals surface area contributed by atoms with Crippen LogP contribution in [-0.2, 0) is 5.54 Å². The van der Waals surface area contributed by atoms with Crippen molar-refractivity contribution in [3.05, 3.63) is 48.6 Å². The smallest absolute Gasteiger partial charge is 0.192 e. The molecule has 1 heterocycles. The maximum absolute atomic E-state index is 6.08. The molecular formula is C16H23N3. The molecule has 0 aliphatic carbocycles. The van der Waals surface area contributed by atoms with Crippen molar-refractivity contribution in [3.8, 4) is 0 Å². The van der Waals surface area contributed by atoms with Crippen molar-refractivity contribution in [1.29, 1.82) is 0 Å². The molecule has 0 fully saturated rings. The predicted octanol–water partition coefficient (Wildman–Crippen LogP) is 2.74.